The number of aryl methyl sites for hydroxylation is 1. The molecular weight excluding hydrogens is 494 g/mol. The lowest BCUT2D eigenvalue weighted by molar-refractivity contribution is 0.233. The number of nitrogens with zero attached hydrogens (tertiary/aromatic N) is 2. The van der Waals surface area contributed by atoms with Crippen molar-refractivity contribution >= 4 is 23.2 Å². The lowest BCUT2D eigenvalue weighted by Crippen LogP contribution is -2.34. The van der Waals surface area contributed by atoms with Gasteiger partial charge in [-0.1, -0.05) is 106 Å². The number of allylic oxidation sites excluding steroid dienone is 4. The van der Waals surface area contributed by atoms with Gasteiger partial charge in [0.1, 0.15) is 5.54 Å². The quantitative estimate of drug-likeness (QED) is 0.131. The Morgan fingerprint density at radius 1 is 1.05 bits per heavy atom. The molecule has 1 aromatic heterocycles. The summed E-state index contributed by atoms with van der Waals surface area (Å²) in [6, 6.07) is 12.5. The van der Waals surface area contributed by atoms with Gasteiger partial charge in [0, 0.05) is 10.8 Å². The molecule has 0 aliphatic rings. The number of hydrogen-bond donors (Lipinski definition) is 1. The Morgan fingerprint density at radius 3 is 1.90 bits per heavy atom. The monoisotopic (exact) mass is 551 g/mol. The maximum absolute atomic E-state index is 5.76. The Hall–Kier alpha value is -2.69. The molecule has 2 N–H and O–H groups in total. The van der Waals surface area contributed by atoms with E-state index in [4.69, 9.17) is 10.7 Å². The zero-order chi connectivity index (χ0) is 30.3. The van der Waals surface area contributed by atoms with Crippen molar-refractivity contribution in [3.8, 4) is 0 Å². The van der Waals surface area contributed by atoms with Crippen molar-refractivity contribution in [2.24, 2.45) is 22.6 Å². The number of aliphatic imine (C=N–C) groups is 1. The van der Waals surface area contributed by atoms with Crippen LogP contribution in [0.15, 0.2) is 90.8 Å². The molecule has 218 valence electrons. The third-order valence-electron chi connectivity index (χ3n) is 5.98. The van der Waals surface area contributed by atoms with Crippen molar-refractivity contribution in [3.05, 3.63) is 102 Å². The second-order valence-electron chi connectivity index (χ2n) is 10.1. The van der Waals surface area contributed by atoms with Crippen LogP contribution in [0, 0.1) is 18.8 Å². The van der Waals surface area contributed by atoms with Gasteiger partial charge in [0.05, 0.1) is 6.34 Å². The molecule has 3 nitrogen and oxygen atoms in total. The highest BCUT2D eigenvalue weighted by Gasteiger charge is 2.39. The van der Waals surface area contributed by atoms with Gasteiger partial charge < -0.3 is 10.6 Å². The van der Waals surface area contributed by atoms with E-state index in [9.17, 15) is 0 Å². The summed E-state index contributed by atoms with van der Waals surface area (Å²) in [4.78, 5) is 7.98. The summed E-state index contributed by atoms with van der Waals surface area (Å²) in [7, 11) is 6.00. The Kier molecular flexibility index (Phi) is 22.9. The summed E-state index contributed by atoms with van der Waals surface area (Å²) in [6.45, 7) is 24.1. The summed E-state index contributed by atoms with van der Waals surface area (Å²) in [5.41, 5.74) is 9.05. The number of benzene rings is 1. The molecular formula is C35H57N3S. The van der Waals surface area contributed by atoms with Crippen molar-refractivity contribution in [2.45, 2.75) is 72.8 Å². The van der Waals surface area contributed by atoms with Gasteiger partial charge in [0.15, 0.2) is 0 Å². The molecule has 0 saturated carbocycles. The lowest BCUT2D eigenvalue weighted by atomic mass is 9.72. The van der Waals surface area contributed by atoms with Crippen molar-refractivity contribution in [1.29, 1.82) is 0 Å². The number of thiophene rings is 1. The summed E-state index contributed by atoms with van der Waals surface area (Å²) in [5.74, 6) is 0.823. The molecule has 1 aromatic carbocycles. The molecule has 2 unspecified atom stereocenters. The van der Waals surface area contributed by atoms with Crippen LogP contribution in [-0.4, -0.2) is 32.4 Å². The Morgan fingerprint density at radius 2 is 1.56 bits per heavy atom. The minimum Gasteiger partial charge on any atom is -0.390 e. The first kappa shape index (κ1) is 38.5. The van der Waals surface area contributed by atoms with E-state index in [0.717, 1.165) is 5.57 Å². The standard InChI is InChI=1S/C22H34N2S.C7H8.C3H9N.C3H6/c1-7-12-18(13-8-2)20(11-5)22(6,24-16-23)21-14-19(15-25-21)17(9-3)10-4;1-7-5-3-2-4-6-7;1-4(2)3;1-3-2/h9-11,14-16,18,20H,3,5,7-8,12-13H2,1-2,4,6H3,(H2,23,24);2-6H,1H3;1-3H3;3H,1H2,2H3/b17-10+;;;. The maximum Gasteiger partial charge on any atom is 0.100 e. The van der Waals surface area contributed by atoms with E-state index in [1.165, 1.54) is 48.0 Å². The van der Waals surface area contributed by atoms with Gasteiger partial charge in [-0.3, -0.25) is 4.99 Å². The topological polar surface area (TPSA) is 41.6 Å². The second kappa shape index (κ2) is 23.2. The number of hydrogen-bond acceptors (Lipinski definition) is 3. The average molecular weight is 552 g/mol. The van der Waals surface area contributed by atoms with Crippen LogP contribution in [0.3, 0.4) is 0 Å². The van der Waals surface area contributed by atoms with Gasteiger partial charge in [0.25, 0.3) is 0 Å². The van der Waals surface area contributed by atoms with Crippen molar-refractivity contribution in [3.63, 3.8) is 0 Å². The zero-order valence-electron chi connectivity index (χ0n) is 26.4. The summed E-state index contributed by atoms with van der Waals surface area (Å²) >= 11 is 1.75. The minimum atomic E-state index is -0.381. The van der Waals surface area contributed by atoms with Crippen LogP contribution in [0.1, 0.15) is 76.3 Å². The predicted molar refractivity (Wildman–Crippen MR) is 182 cm³/mol. The van der Waals surface area contributed by atoms with Crippen LogP contribution in [0.25, 0.3) is 5.57 Å². The van der Waals surface area contributed by atoms with Crippen molar-refractivity contribution < 1.29 is 0 Å². The molecule has 0 fully saturated rings. The summed E-state index contributed by atoms with van der Waals surface area (Å²) < 4.78 is 0. The molecule has 2 atom stereocenters. The normalized spacial score (nSPS) is 13.2. The van der Waals surface area contributed by atoms with E-state index < -0.39 is 0 Å². The fourth-order valence-corrected chi connectivity index (χ4v) is 5.36. The van der Waals surface area contributed by atoms with E-state index in [1.807, 2.05) is 64.2 Å². The minimum absolute atomic E-state index is 0.261. The van der Waals surface area contributed by atoms with Gasteiger partial charge in [-0.2, -0.15) is 0 Å². The van der Waals surface area contributed by atoms with Gasteiger partial charge >= 0.3 is 0 Å². The van der Waals surface area contributed by atoms with E-state index in [-0.39, 0.29) is 11.5 Å². The summed E-state index contributed by atoms with van der Waals surface area (Å²) in [6.07, 6.45) is 14.0. The molecule has 39 heavy (non-hydrogen) atoms. The fraction of sp³-hybridized carbons (Fsp3) is 0.457. The van der Waals surface area contributed by atoms with E-state index in [2.05, 4.69) is 83.2 Å². The molecule has 2 aromatic rings. The van der Waals surface area contributed by atoms with Crippen LogP contribution in [0.4, 0.5) is 0 Å². The molecule has 0 bridgehead atoms. The van der Waals surface area contributed by atoms with E-state index in [0.29, 0.717) is 5.92 Å². The molecule has 1 heterocycles. The molecule has 0 amide bonds. The zero-order valence-corrected chi connectivity index (χ0v) is 27.2. The van der Waals surface area contributed by atoms with Crippen LogP contribution in [0.2, 0.25) is 0 Å². The number of nitrogens with two attached hydrogens (primary N) is 1. The van der Waals surface area contributed by atoms with Crippen molar-refractivity contribution in [2.75, 3.05) is 21.1 Å². The molecule has 0 saturated heterocycles. The summed E-state index contributed by atoms with van der Waals surface area (Å²) in [5, 5.41) is 2.19. The third-order valence-corrected chi connectivity index (χ3v) is 7.13. The largest absolute Gasteiger partial charge is 0.390 e. The first-order chi connectivity index (χ1) is 18.6. The molecule has 2 rings (SSSR count). The second-order valence-corrected chi connectivity index (χ2v) is 11.0. The smallest absolute Gasteiger partial charge is 0.100 e. The van der Waals surface area contributed by atoms with Gasteiger partial charge in [-0.15, -0.1) is 24.5 Å². The highest BCUT2D eigenvalue weighted by atomic mass is 32.1. The maximum atomic E-state index is 5.76. The van der Waals surface area contributed by atoms with Gasteiger partial charge in [-0.05, 0) is 77.3 Å². The average Bonchev–Trinajstić information content (AvgIpc) is 3.38. The van der Waals surface area contributed by atoms with Crippen LogP contribution >= 0.6 is 11.3 Å². The van der Waals surface area contributed by atoms with E-state index in [1.54, 1.807) is 17.4 Å². The van der Waals surface area contributed by atoms with Crippen LogP contribution in [0.5, 0.6) is 0 Å². The first-order valence-electron chi connectivity index (χ1n) is 14.0. The van der Waals surface area contributed by atoms with Crippen LogP contribution in [-0.2, 0) is 5.54 Å². The lowest BCUT2D eigenvalue weighted by Gasteiger charge is -2.37. The molecule has 0 aliphatic heterocycles. The van der Waals surface area contributed by atoms with Crippen molar-refractivity contribution in [1.82, 2.24) is 4.90 Å². The molecule has 4 heteroatoms. The highest BCUT2D eigenvalue weighted by molar-refractivity contribution is 7.10. The van der Waals surface area contributed by atoms with Crippen LogP contribution < -0.4 is 5.73 Å². The Balaban J connectivity index is 0. The third kappa shape index (κ3) is 15.5. The SMILES string of the molecule is C=C/C(=C\C)c1csc(C(C)(N=CN)C(C=C)C(CCC)CCC)c1.C=CC.CN(C)C.Cc1ccccc1. The molecule has 0 spiro atoms. The van der Waals surface area contributed by atoms with E-state index >= 15 is 0 Å². The van der Waals surface area contributed by atoms with Gasteiger partial charge in [0.2, 0.25) is 0 Å². The highest BCUT2D eigenvalue weighted by Crippen LogP contribution is 2.44. The van der Waals surface area contributed by atoms with Gasteiger partial charge in [-0.25, -0.2) is 0 Å². The Labute approximate surface area is 246 Å². The Bertz CT molecular complexity index is 947. The first-order valence-corrected chi connectivity index (χ1v) is 14.9. The predicted octanol–water partition coefficient (Wildman–Crippen LogP) is 9.92. The fourth-order valence-electron chi connectivity index (χ4n) is 4.28. The molecule has 0 aliphatic carbocycles. The molecule has 0 radical (unpaired) electrons. The number of rotatable bonds is 11.